The van der Waals surface area contributed by atoms with Crippen LogP contribution in [0.4, 0.5) is 5.69 Å². The molecule has 0 radical (unpaired) electrons. The average molecular weight is 240 g/mol. The lowest BCUT2D eigenvalue weighted by Crippen LogP contribution is -2.34. The molecule has 1 aromatic heterocycles. The first-order chi connectivity index (χ1) is 8.13. The van der Waals surface area contributed by atoms with Crippen molar-refractivity contribution in [3.63, 3.8) is 0 Å². The van der Waals surface area contributed by atoms with Gasteiger partial charge in [-0.2, -0.15) is 5.10 Å². The molecule has 17 heavy (non-hydrogen) atoms. The van der Waals surface area contributed by atoms with Gasteiger partial charge in [0.1, 0.15) is 12.4 Å². The van der Waals surface area contributed by atoms with Crippen LogP contribution < -0.4 is 11.1 Å². The molecule has 0 amide bonds. The Balaban J connectivity index is 2.33. The number of nitrogens with two attached hydrogens (primary N) is 1. The topological polar surface area (TPSA) is 111 Å². The van der Waals surface area contributed by atoms with Crippen LogP contribution in [0.3, 0.4) is 0 Å². The molecule has 0 saturated heterocycles. The van der Waals surface area contributed by atoms with Gasteiger partial charge in [0.05, 0.1) is 11.5 Å². The zero-order valence-corrected chi connectivity index (χ0v) is 9.67. The largest absolute Gasteiger partial charge is 0.370 e. The van der Waals surface area contributed by atoms with E-state index in [4.69, 9.17) is 5.73 Å². The third-order valence-corrected chi connectivity index (χ3v) is 1.98. The second-order valence-electron chi connectivity index (χ2n) is 3.41. The number of aliphatic imine (C=N–C) groups is 1. The van der Waals surface area contributed by atoms with Crippen LogP contribution >= 0.6 is 0 Å². The highest BCUT2D eigenvalue weighted by Crippen LogP contribution is 2.06. The summed E-state index contributed by atoms with van der Waals surface area (Å²) >= 11 is 0. The summed E-state index contributed by atoms with van der Waals surface area (Å²) in [6.07, 6.45) is 3.53. The van der Waals surface area contributed by atoms with E-state index in [-0.39, 0.29) is 5.69 Å². The zero-order valence-electron chi connectivity index (χ0n) is 9.67. The Bertz CT molecular complexity index is 400. The molecule has 3 N–H and O–H groups in total. The van der Waals surface area contributed by atoms with E-state index < -0.39 is 4.92 Å². The normalized spacial score (nSPS) is 11.5. The molecule has 0 aliphatic heterocycles. The minimum Gasteiger partial charge on any atom is -0.370 e. The molecule has 8 nitrogen and oxygen atoms in total. The molecule has 0 bridgehead atoms. The molecule has 94 valence electrons. The second kappa shape index (κ2) is 6.46. The molecule has 0 fully saturated rings. The zero-order chi connectivity index (χ0) is 12.7. The highest BCUT2D eigenvalue weighted by molar-refractivity contribution is 5.77. The van der Waals surface area contributed by atoms with Crippen LogP contribution in [0.1, 0.15) is 13.3 Å². The predicted octanol–water partition coefficient (Wildman–Crippen LogP) is 0.106. The van der Waals surface area contributed by atoms with E-state index >= 15 is 0 Å². The summed E-state index contributed by atoms with van der Waals surface area (Å²) in [5.41, 5.74) is 5.56. The Labute approximate surface area is 98.7 Å². The van der Waals surface area contributed by atoms with E-state index in [0.29, 0.717) is 25.6 Å². The van der Waals surface area contributed by atoms with Crippen LogP contribution in [0.2, 0.25) is 0 Å². The first-order valence-corrected chi connectivity index (χ1v) is 5.34. The van der Waals surface area contributed by atoms with Crippen LogP contribution in [0.25, 0.3) is 0 Å². The number of nitrogens with zero attached hydrogens (tertiary/aromatic N) is 4. The van der Waals surface area contributed by atoms with Crippen LogP contribution in [0.5, 0.6) is 0 Å². The highest BCUT2D eigenvalue weighted by Gasteiger charge is 2.07. The smallest absolute Gasteiger partial charge is 0.306 e. The van der Waals surface area contributed by atoms with Gasteiger partial charge in [0.25, 0.3) is 0 Å². The number of nitrogens with one attached hydrogen (secondary N) is 1. The van der Waals surface area contributed by atoms with Crippen molar-refractivity contribution in [2.24, 2.45) is 10.7 Å². The molecule has 0 atom stereocenters. The number of nitro groups is 1. The van der Waals surface area contributed by atoms with Crippen molar-refractivity contribution in [3.05, 3.63) is 22.5 Å². The Morgan fingerprint density at radius 1 is 1.76 bits per heavy atom. The Kier molecular flexibility index (Phi) is 4.92. The quantitative estimate of drug-likeness (QED) is 0.317. The van der Waals surface area contributed by atoms with Crippen LogP contribution in [-0.4, -0.2) is 33.8 Å². The molecule has 0 aromatic carbocycles. The second-order valence-corrected chi connectivity index (χ2v) is 3.41. The van der Waals surface area contributed by atoms with Gasteiger partial charge in [0.2, 0.25) is 0 Å². The SMILES string of the molecule is CCCN=C(N)NCCn1cc([N+](=O)[O-])cn1. The number of hydrogen-bond acceptors (Lipinski definition) is 4. The van der Waals surface area contributed by atoms with Crippen molar-refractivity contribution in [2.45, 2.75) is 19.9 Å². The summed E-state index contributed by atoms with van der Waals surface area (Å²) in [6.45, 7) is 3.72. The van der Waals surface area contributed by atoms with Crippen LogP contribution in [0, 0.1) is 10.1 Å². The third kappa shape index (κ3) is 4.49. The molecule has 0 saturated carbocycles. The van der Waals surface area contributed by atoms with Gasteiger partial charge in [-0.25, -0.2) is 0 Å². The fourth-order valence-corrected chi connectivity index (χ4v) is 1.16. The minimum absolute atomic E-state index is 0.0161. The fourth-order valence-electron chi connectivity index (χ4n) is 1.16. The standard InChI is InChI=1S/C9H16N6O2/c1-2-3-11-9(10)12-4-5-14-7-8(6-13-14)15(16)17/h6-7H,2-5H2,1H3,(H3,10,11,12). The maximum absolute atomic E-state index is 10.4. The van der Waals surface area contributed by atoms with Crippen molar-refractivity contribution in [1.29, 1.82) is 0 Å². The van der Waals surface area contributed by atoms with Gasteiger partial charge in [0.15, 0.2) is 5.96 Å². The first kappa shape index (κ1) is 12.9. The number of aromatic nitrogens is 2. The molecule has 8 heteroatoms. The third-order valence-electron chi connectivity index (χ3n) is 1.98. The Morgan fingerprint density at radius 2 is 2.53 bits per heavy atom. The van der Waals surface area contributed by atoms with E-state index in [1.54, 1.807) is 0 Å². The first-order valence-electron chi connectivity index (χ1n) is 5.34. The Morgan fingerprint density at radius 3 is 3.12 bits per heavy atom. The summed E-state index contributed by atoms with van der Waals surface area (Å²) in [7, 11) is 0. The van der Waals surface area contributed by atoms with E-state index in [1.807, 2.05) is 6.92 Å². The van der Waals surface area contributed by atoms with Crippen molar-refractivity contribution in [3.8, 4) is 0 Å². The molecule has 1 aromatic rings. The average Bonchev–Trinajstić information content (AvgIpc) is 2.75. The van der Waals surface area contributed by atoms with Gasteiger partial charge in [-0.3, -0.25) is 19.8 Å². The maximum Gasteiger partial charge on any atom is 0.306 e. The summed E-state index contributed by atoms with van der Waals surface area (Å²) < 4.78 is 1.48. The molecule has 1 rings (SSSR count). The summed E-state index contributed by atoms with van der Waals surface area (Å²) in [5, 5.41) is 17.2. The van der Waals surface area contributed by atoms with Gasteiger partial charge >= 0.3 is 5.69 Å². The fraction of sp³-hybridized carbons (Fsp3) is 0.556. The summed E-state index contributed by atoms with van der Waals surface area (Å²) in [5.74, 6) is 0.383. The number of rotatable bonds is 6. The van der Waals surface area contributed by atoms with Crippen LogP contribution in [-0.2, 0) is 6.54 Å². The summed E-state index contributed by atoms with van der Waals surface area (Å²) in [4.78, 5) is 14.0. The van der Waals surface area contributed by atoms with E-state index in [9.17, 15) is 10.1 Å². The van der Waals surface area contributed by atoms with Crippen molar-refractivity contribution in [1.82, 2.24) is 15.1 Å². The lowest BCUT2D eigenvalue weighted by atomic mass is 10.5. The monoisotopic (exact) mass is 240 g/mol. The van der Waals surface area contributed by atoms with Crippen molar-refractivity contribution < 1.29 is 4.92 Å². The number of hydrogen-bond donors (Lipinski definition) is 2. The molecule has 1 heterocycles. The van der Waals surface area contributed by atoms with Gasteiger partial charge in [-0.1, -0.05) is 6.92 Å². The minimum atomic E-state index is -0.478. The number of guanidine groups is 1. The predicted molar refractivity (Wildman–Crippen MR) is 63.7 cm³/mol. The van der Waals surface area contributed by atoms with Gasteiger partial charge in [-0.05, 0) is 6.42 Å². The molecular weight excluding hydrogens is 224 g/mol. The van der Waals surface area contributed by atoms with Gasteiger partial charge < -0.3 is 11.1 Å². The molecule has 0 aliphatic carbocycles. The lowest BCUT2D eigenvalue weighted by Gasteiger charge is -2.04. The Hall–Kier alpha value is -2.12. The van der Waals surface area contributed by atoms with E-state index in [2.05, 4.69) is 15.4 Å². The lowest BCUT2D eigenvalue weighted by molar-refractivity contribution is -0.385. The maximum atomic E-state index is 10.4. The molecule has 0 spiro atoms. The molecule has 0 aliphatic rings. The summed E-state index contributed by atoms with van der Waals surface area (Å²) in [6, 6.07) is 0. The van der Waals surface area contributed by atoms with E-state index in [0.717, 1.165) is 6.42 Å². The molecule has 0 unspecified atom stereocenters. The molecular formula is C9H16N6O2. The van der Waals surface area contributed by atoms with Crippen molar-refractivity contribution >= 4 is 11.6 Å². The van der Waals surface area contributed by atoms with Crippen molar-refractivity contribution in [2.75, 3.05) is 13.1 Å². The van der Waals surface area contributed by atoms with Gasteiger partial charge in [-0.15, -0.1) is 0 Å². The van der Waals surface area contributed by atoms with Crippen LogP contribution in [0.15, 0.2) is 17.4 Å². The van der Waals surface area contributed by atoms with E-state index in [1.165, 1.54) is 17.1 Å². The van der Waals surface area contributed by atoms with Gasteiger partial charge in [0, 0.05) is 13.1 Å². The highest BCUT2D eigenvalue weighted by atomic mass is 16.6.